The third-order valence-corrected chi connectivity index (χ3v) is 5.52. The van der Waals surface area contributed by atoms with E-state index >= 15 is 0 Å². The molecule has 0 saturated heterocycles. The number of unbranched alkanes of at least 4 members (excludes halogenated alkanes) is 17. The van der Waals surface area contributed by atoms with Crippen LogP contribution < -0.4 is 0 Å². The number of aliphatic hydroxyl groups is 1. The zero-order valence-electron chi connectivity index (χ0n) is 18.7. The molecule has 0 heterocycles. The van der Waals surface area contributed by atoms with Crippen LogP contribution in [0.15, 0.2) is 12.2 Å². The predicted molar refractivity (Wildman–Crippen MR) is 121 cm³/mol. The fourth-order valence-corrected chi connectivity index (χ4v) is 3.59. The van der Waals surface area contributed by atoms with E-state index in [1.165, 1.54) is 103 Å². The summed E-state index contributed by atoms with van der Waals surface area (Å²) < 4.78 is 0. The number of allylic oxidation sites excluding steroid dienone is 2. The van der Waals surface area contributed by atoms with Gasteiger partial charge in [0.1, 0.15) is 0 Å². The molecule has 0 rings (SSSR count). The standard InChI is InChI=1S/C25H48O3/c1-2-3-4-5-6-7-8-9-10-11-12-13-14-15-16-17-18-19-20-21-22-23-24(26)25(27)28/h10-11,24,26H,2-9,12-23H2,1H3,(H,27,28). The van der Waals surface area contributed by atoms with Crippen LogP contribution in [0.5, 0.6) is 0 Å². The summed E-state index contributed by atoms with van der Waals surface area (Å²) in [5.74, 6) is -1.09. The molecule has 0 aliphatic heterocycles. The monoisotopic (exact) mass is 396 g/mol. The van der Waals surface area contributed by atoms with Crippen LogP contribution in [0.3, 0.4) is 0 Å². The maximum absolute atomic E-state index is 10.5. The number of hydrogen-bond donors (Lipinski definition) is 2. The Morgan fingerprint density at radius 2 is 1.00 bits per heavy atom. The van der Waals surface area contributed by atoms with Gasteiger partial charge in [-0.2, -0.15) is 0 Å². The van der Waals surface area contributed by atoms with E-state index in [1.807, 2.05) is 0 Å². The molecule has 0 saturated carbocycles. The van der Waals surface area contributed by atoms with Crippen LogP contribution in [0.4, 0.5) is 0 Å². The largest absolute Gasteiger partial charge is 0.479 e. The number of carboxylic acids is 1. The van der Waals surface area contributed by atoms with Gasteiger partial charge in [-0.3, -0.25) is 0 Å². The van der Waals surface area contributed by atoms with Crippen molar-refractivity contribution in [3.05, 3.63) is 12.2 Å². The molecule has 2 N–H and O–H groups in total. The van der Waals surface area contributed by atoms with Crippen molar-refractivity contribution < 1.29 is 15.0 Å². The Morgan fingerprint density at radius 3 is 1.39 bits per heavy atom. The van der Waals surface area contributed by atoms with Crippen molar-refractivity contribution >= 4 is 5.97 Å². The van der Waals surface area contributed by atoms with E-state index in [1.54, 1.807) is 0 Å². The van der Waals surface area contributed by atoms with Gasteiger partial charge in [0, 0.05) is 0 Å². The van der Waals surface area contributed by atoms with E-state index in [2.05, 4.69) is 19.1 Å². The van der Waals surface area contributed by atoms with Crippen molar-refractivity contribution in [2.45, 2.75) is 141 Å². The first-order valence-electron chi connectivity index (χ1n) is 12.2. The quantitative estimate of drug-likeness (QED) is 0.145. The Bertz CT molecular complexity index is 352. The molecule has 28 heavy (non-hydrogen) atoms. The Balaban J connectivity index is 3.12. The molecule has 0 amide bonds. The van der Waals surface area contributed by atoms with Gasteiger partial charge in [-0.1, -0.05) is 115 Å². The van der Waals surface area contributed by atoms with Crippen LogP contribution in [-0.2, 0) is 4.79 Å². The third-order valence-electron chi connectivity index (χ3n) is 5.52. The second kappa shape index (κ2) is 22.5. The number of carboxylic acid groups (broad SMARTS) is 1. The molecule has 3 heteroatoms. The number of carbonyl (C=O) groups is 1. The van der Waals surface area contributed by atoms with Crippen LogP contribution in [0.1, 0.15) is 135 Å². The van der Waals surface area contributed by atoms with Crippen molar-refractivity contribution in [3.8, 4) is 0 Å². The predicted octanol–water partition coefficient (Wildman–Crippen LogP) is 7.81. The summed E-state index contributed by atoms with van der Waals surface area (Å²) in [4.78, 5) is 10.5. The van der Waals surface area contributed by atoms with Gasteiger partial charge in [-0.05, 0) is 32.1 Å². The molecule has 0 aliphatic rings. The van der Waals surface area contributed by atoms with Crippen molar-refractivity contribution in [1.29, 1.82) is 0 Å². The van der Waals surface area contributed by atoms with Crippen molar-refractivity contribution in [1.82, 2.24) is 0 Å². The van der Waals surface area contributed by atoms with Crippen molar-refractivity contribution in [2.75, 3.05) is 0 Å². The van der Waals surface area contributed by atoms with Crippen molar-refractivity contribution in [3.63, 3.8) is 0 Å². The van der Waals surface area contributed by atoms with Gasteiger partial charge in [0.05, 0.1) is 0 Å². The van der Waals surface area contributed by atoms with E-state index in [0.717, 1.165) is 19.3 Å². The minimum Gasteiger partial charge on any atom is -0.479 e. The average molecular weight is 397 g/mol. The van der Waals surface area contributed by atoms with Crippen LogP contribution in [0, 0.1) is 0 Å². The summed E-state index contributed by atoms with van der Waals surface area (Å²) >= 11 is 0. The highest BCUT2D eigenvalue weighted by molar-refractivity contribution is 5.71. The van der Waals surface area contributed by atoms with Gasteiger partial charge in [0.25, 0.3) is 0 Å². The molecule has 0 aromatic rings. The SMILES string of the molecule is CCCCCCCCCC=CCCCCCCCCCCCCC(O)C(=O)O. The van der Waals surface area contributed by atoms with E-state index in [0.29, 0.717) is 6.42 Å². The maximum Gasteiger partial charge on any atom is 0.332 e. The van der Waals surface area contributed by atoms with Gasteiger partial charge in [-0.15, -0.1) is 0 Å². The molecule has 0 bridgehead atoms. The number of aliphatic hydroxyl groups excluding tert-OH is 1. The zero-order valence-corrected chi connectivity index (χ0v) is 18.7. The van der Waals surface area contributed by atoms with Crippen LogP contribution >= 0.6 is 0 Å². The van der Waals surface area contributed by atoms with E-state index in [-0.39, 0.29) is 0 Å². The topological polar surface area (TPSA) is 57.5 Å². The summed E-state index contributed by atoms with van der Waals surface area (Å²) in [5.41, 5.74) is 0. The summed E-state index contributed by atoms with van der Waals surface area (Å²) in [6.45, 7) is 2.27. The first kappa shape index (κ1) is 27.2. The van der Waals surface area contributed by atoms with Gasteiger partial charge in [0.2, 0.25) is 0 Å². The number of hydrogen-bond acceptors (Lipinski definition) is 2. The van der Waals surface area contributed by atoms with Crippen molar-refractivity contribution in [2.24, 2.45) is 0 Å². The Kier molecular flexibility index (Phi) is 21.8. The molecule has 0 aromatic carbocycles. The van der Waals surface area contributed by atoms with E-state index in [4.69, 9.17) is 5.11 Å². The highest BCUT2D eigenvalue weighted by Gasteiger charge is 2.11. The fourth-order valence-electron chi connectivity index (χ4n) is 3.59. The lowest BCUT2D eigenvalue weighted by atomic mass is 10.0. The summed E-state index contributed by atoms with van der Waals surface area (Å²) in [5, 5.41) is 17.8. The molecular formula is C25H48O3. The normalized spacial score (nSPS) is 12.6. The van der Waals surface area contributed by atoms with Crippen LogP contribution in [0.2, 0.25) is 0 Å². The van der Waals surface area contributed by atoms with E-state index < -0.39 is 12.1 Å². The maximum atomic E-state index is 10.5. The first-order valence-corrected chi connectivity index (χ1v) is 12.2. The number of rotatable bonds is 22. The second-order valence-corrected chi connectivity index (χ2v) is 8.35. The summed E-state index contributed by atoms with van der Waals surface area (Å²) in [7, 11) is 0. The zero-order chi connectivity index (χ0) is 20.7. The lowest BCUT2D eigenvalue weighted by molar-refractivity contribution is -0.146. The lowest BCUT2D eigenvalue weighted by Gasteiger charge is -2.05. The molecule has 3 nitrogen and oxygen atoms in total. The van der Waals surface area contributed by atoms with Crippen LogP contribution in [0.25, 0.3) is 0 Å². The number of aliphatic carboxylic acids is 1. The molecule has 0 aromatic heterocycles. The highest BCUT2D eigenvalue weighted by atomic mass is 16.4. The first-order chi connectivity index (χ1) is 13.7. The van der Waals surface area contributed by atoms with Gasteiger partial charge >= 0.3 is 5.97 Å². The van der Waals surface area contributed by atoms with Gasteiger partial charge < -0.3 is 10.2 Å². The second-order valence-electron chi connectivity index (χ2n) is 8.35. The minimum atomic E-state index is -1.17. The smallest absolute Gasteiger partial charge is 0.332 e. The third kappa shape index (κ3) is 21.5. The molecule has 166 valence electrons. The molecule has 0 aliphatic carbocycles. The van der Waals surface area contributed by atoms with E-state index in [9.17, 15) is 9.90 Å². The van der Waals surface area contributed by atoms with Gasteiger partial charge in [0.15, 0.2) is 6.10 Å². The van der Waals surface area contributed by atoms with Crippen LogP contribution in [-0.4, -0.2) is 22.3 Å². The average Bonchev–Trinajstić information content (AvgIpc) is 2.68. The summed E-state index contributed by atoms with van der Waals surface area (Å²) in [6.07, 6.45) is 28.6. The Hall–Kier alpha value is -0.830. The fraction of sp³-hybridized carbons (Fsp3) is 0.880. The summed E-state index contributed by atoms with van der Waals surface area (Å²) in [6, 6.07) is 0. The Labute approximate surface area is 175 Å². The minimum absolute atomic E-state index is 0.392. The molecule has 0 radical (unpaired) electrons. The molecule has 1 atom stereocenters. The highest BCUT2D eigenvalue weighted by Crippen LogP contribution is 2.13. The van der Waals surface area contributed by atoms with Gasteiger partial charge in [-0.25, -0.2) is 4.79 Å². The molecule has 0 spiro atoms. The molecule has 0 fully saturated rings. The molecule has 1 unspecified atom stereocenters. The lowest BCUT2D eigenvalue weighted by Crippen LogP contribution is -2.18. The Morgan fingerprint density at radius 1 is 0.643 bits per heavy atom. The molecular weight excluding hydrogens is 348 g/mol.